The zero-order chi connectivity index (χ0) is 12.6. The van der Waals surface area contributed by atoms with Gasteiger partial charge >= 0.3 is 0 Å². The molecule has 0 aliphatic rings. The third kappa shape index (κ3) is 3.19. The molecule has 4 heteroatoms. The Balaban J connectivity index is 3.23. The maximum Gasteiger partial charge on any atom is 0.139 e. The molecule has 0 aliphatic carbocycles. The van der Waals surface area contributed by atoms with E-state index in [4.69, 9.17) is 4.98 Å². The smallest absolute Gasteiger partial charge is 0.139 e. The molecule has 1 rings (SSSR count). The van der Waals surface area contributed by atoms with E-state index in [1.165, 1.54) is 5.82 Å². The Morgan fingerprint density at radius 2 is 1.44 bits per heavy atom. The molecule has 1 aromatic rings. The summed E-state index contributed by atoms with van der Waals surface area (Å²) in [5.41, 5.74) is 1.11. The van der Waals surface area contributed by atoms with Crippen molar-refractivity contribution >= 4 is 22.3 Å². The van der Waals surface area contributed by atoms with Crippen LogP contribution in [0.5, 0.6) is 0 Å². The number of anilines is 1. The first-order valence-electron chi connectivity index (χ1n) is 5.86. The van der Waals surface area contributed by atoms with Crippen LogP contribution in [0, 0.1) is 6.92 Å². The molecule has 16 heavy (non-hydrogen) atoms. The second kappa shape index (κ2) is 4.33. The number of pyridine rings is 1. The lowest BCUT2D eigenvalue weighted by atomic mass is 10.4. The summed E-state index contributed by atoms with van der Waals surface area (Å²) in [6.45, 7) is 16.5. The molecule has 0 spiro atoms. The minimum Gasteiger partial charge on any atom is -0.410 e. The molecule has 0 saturated heterocycles. The van der Waals surface area contributed by atoms with Gasteiger partial charge in [-0.2, -0.15) is 0 Å². The Labute approximate surface area is 102 Å². The van der Waals surface area contributed by atoms with Crippen LogP contribution in [0.2, 0.25) is 39.3 Å². The summed E-state index contributed by atoms with van der Waals surface area (Å²) in [6.07, 6.45) is 0. The van der Waals surface area contributed by atoms with Gasteiger partial charge in [-0.3, -0.25) is 0 Å². The zero-order valence-corrected chi connectivity index (χ0v) is 13.6. The van der Waals surface area contributed by atoms with Gasteiger partial charge in [-0.1, -0.05) is 45.3 Å². The molecule has 2 nitrogen and oxygen atoms in total. The Morgan fingerprint density at radius 1 is 0.938 bits per heavy atom. The van der Waals surface area contributed by atoms with Crippen molar-refractivity contribution in [3.05, 3.63) is 23.9 Å². The summed E-state index contributed by atoms with van der Waals surface area (Å²) < 4.78 is 2.65. The molecule has 0 atom stereocenters. The van der Waals surface area contributed by atoms with Crippen LogP contribution in [0.4, 0.5) is 5.82 Å². The van der Waals surface area contributed by atoms with Gasteiger partial charge < -0.3 is 4.23 Å². The van der Waals surface area contributed by atoms with Gasteiger partial charge in [0.05, 0.1) is 0 Å². The fourth-order valence-electron chi connectivity index (χ4n) is 2.35. The number of hydrogen-bond acceptors (Lipinski definition) is 2. The van der Waals surface area contributed by atoms with Crippen LogP contribution >= 0.6 is 0 Å². The second-order valence-electron chi connectivity index (χ2n) is 6.31. The average Bonchev–Trinajstić information content (AvgIpc) is 1.97. The topological polar surface area (TPSA) is 16.1 Å². The molecule has 0 aromatic carbocycles. The van der Waals surface area contributed by atoms with Gasteiger partial charge in [0.1, 0.15) is 22.3 Å². The summed E-state index contributed by atoms with van der Waals surface area (Å²) in [5.74, 6) is 1.18. The van der Waals surface area contributed by atoms with Gasteiger partial charge in [0.15, 0.2) is 0 Å². The first kappa shape index (κ1) is 13.4. The van der Waals surface area contributed by atoms with Crippen LogP contribution in [-0.2, 0) is 0 Å². The number of rotatable bonds is 3. The average molecular weight is 253 g/mol. The minimum atomic E-state index is -1.35. The maximum atomic E-state index is 4.70. The molecule has 90 valence electrons. The van der Waals surface area contributed by atoms with E-state index in [0.717, 1.165) is 5.69 Å². The van der Waals surface area contributed by atoms with Crippen molar-refractivity contribution in [1.29, 1.82) is 0 Å². The SMILES string of the molecule is Cc1cccc(N([Si](C)(C)C)[Si](C)(C)C)n1. The Kier molecular flexibility index (Phi) is 3.64. The first-order chi connectivity index (χ1) is 7.12. The Hall–Kier alpha value is -0.616. The van der Waals surface area contributed by atoms with E-state index in [2.05, 4.69) is 68.6 Å². The molecule has 0 unspecified atom stereocenters. The third-order valence-corrected chi connectivity index (χ3v) is 9.61. The van der Waals surface area contributed by atoms with Crippen molar-refractivity contribution in [1.82, 2.24) is 4.98 Å². The van der Waals surface area contributed by atoms with E-state index >= 15 is 0 Å². The molecule has 0 saturated carbocycles. The fraction of sp³-hybridized carbons (Fsp3) is 0.583. The van der Waals surface area contributed by atoms with Gasteiger partial charge in [0.2, 0.25) is 0 Å². The number of aromatic nitrogens is 1. The van der Waals surface area contributed by atoms with Gasteiger partial charge in [-0.25, -0.2) is 4.98 Å². The lowest BCUT2D eigenvalue weighted by Crippen LogP contribution is -2.59. The summed E-state index contributed by atoms with van der Waals surface area (Å²) in [7, 11) is -2.71. The van der Waals surface area contributed by atoms with E-state index in [1.807, 2.05) is 0 Å². The normalized spacial score (nSPS) is 12.7. The highest BCUT2D eigenvalue weighted by atomic mass is 28.4. The fourth-order valence-corrected chi connectivity index (χ4v) is 12.0. The number of nitrogens with zero attached hydrogens (tertiary/aromatic N) is 2. The molecule has 0 radical (unpaired) electrons. The van der Waals surface area contributed by atoms with Crippen LogP contribution in [0.1, 0.15) is 5.69 Å². The van der Waals surface area contributed by atoms with Crippen LogP contribution in [-0.4, -0.2) is 21.5 Å². The van der Waals surface area contributed by atoms with Crippen molar-refractivity contribution in [3.63, 3.8) is 0 Å². The molecule has 0 N–H and O–H groups in total. The van der Waals surface area contributed by atoms with E-state index in [0.29, 0.717) is 0 Å². The molecular formula is C12H24N2Si2. The van der Waals surface area contributed by atoms with Gasteiger partial charge in [-0.05, 0) is 19.1 Å². The van der Waals surface area contributed by atoms with E-state index in [1.54, 1.807) is 0 Å². The Bertz CT molecular complexity index is 350. The number of hydrogen-bond donors (Lipinski definition) is 0. The summed E-state index contributed by atoms with van der Waals surface area (Å²) in [6, 6.07) is 6.34. The van der Waals surface area contributed by atoms with E-state index in [9.17, 15) is 0 Å². The summed E-state index contributed by atoms with van der Waals surface area (Å²) in [5, 5.41) is 0. The molecular weight excluding hydrogens is 228 g/mol. The monoisotopic (exact) mass is 252 g/mol. The molecule has 1 aromatic heterocycles. The van der Waals surface area contributed by atoms with Crippen molar-refractivity contribution in [2.75, 3.05) is 4.23 Å². The molecule has 0 aliphatic heterocycles. The van der Waals surface area contributed by atoms with Crippen LogP contribution < -0.4 is 4.23 Å². The maximum absolute atomic E-state index is 4.70. The predicted octanol–water partition coefficient (Wildman–Crippen LogP) is 3.87. The van der Waals surface area contributed by atoms with Crippen molar-refractivity contribution in [2.45, 2.75) is 46.2 Å². The minimum absolute atomic E-state index is 1.11. The van der Waals surface area contributed by atoms with Crippen LogP contribution in [0.3, 0.4) is 0 Å². The third-order valence-electron chi connectivity index (χ3n) is 2.44. The van der Waals surface area contributed by atoms with Crippen molar-refractivity contribution < 1.29 is 0 Å². The number of aryl methyl sites for hydroxylation is 1. The molecule has 0 amide bonds. The first-order valence-corrected chi connectivity index (χ1v) is 12.8. The predicted molar refractivity (Wildman–Crippen MR) is 78.1 cm³/mol. The zero-order valence-electron chi connectivity index (χ0n) is 11.6. The van der Waals surface area contributed by atoms with E-state index < -0.39 is 16.5 Å². The van der Waals surface area contributed by atoms with Crippen molar-refractivity contribution in [2.24, 2.45) is 0 Å². The molecule has 1 heterocycles. The quantitative estimate of drug-likeness (QED) is 0.759. The van der Waals surface area contributed by atoms with Crippen LogP contribution in [0.25, 0.3) is 0 Å². The van der Waals surface area contributed by atoms with Gasteiger partial charge in [-0.15, -0.1) is 0 Å². The highest BCUT2D eigenvalue weighted by Crippen LogP contribution is 2.26. The molecule has 0 bridgehead atoms. The lowest BCUT2D eigenvalue weighted by molar-refractivity contribution is 1.16. The van der Waals surface area contributed by atoms with E-state index in [-0.39, 0.29) is 0 Å². The lowest BCUT2D eigenvalue weighted by Gasteiger charge is -2.44. The largest absolute Gasteiger partial charge is 0.410 e. The molecule has 0 fully saturated rings. The van der Waals surface area contributed by atoms with Gasteiger partial charge in [0, 0.05) is 5.69 Å². The standard InChI is InChI=1S/C12H24N2Si2/c1-11-9-8-10-12(13-11)14(15(2,3)4)16(5,6)7/h8-10H,1-7H3. The van der Waals surface area contributed by atoms with Crippen molar-refractivity contribution in [3.8, 4) is 0 Å². The van der Waals surface area contributed by atoms with Gasteiger partial charge in [0.25, 0.3) is 0 Å². The summed E-state index contributed by atoms with van der Waals surface area (Å²) in [4.78, 5) is 4.70. The highest BCUT2D eigenvalue weighted by molar-refractivity contribution is 6.99. The second-order valence-corrected chi connectivity index (χ2v) is 16.3. The highest BCUT2D eigenvalue weighted by Gasteiger charge is 2.35. The summed E-state index contributed by atoms with van der Waals surface area (Å²) >= 11 is 0. The van der Waals surface area contributed by atoms with Crippen LogP contribution in [0.15, 0.2) is 18.2 Å². The Morgan fingerprint density at radius 3 is 1.81 bits per heavy atom.